The zero-order valence-electron chi connectivity index (χ0n) is 8.69. The van der Waals surface area contributed by atoms with Gasteiger partial charge in [0, 0.05) is 18.9 Å². The van der Waals surface area contributed by atoms with Gasteiger partial charge in [-0.15, -0.1) is 0 Å². The quantitative estimate of drug-likeness (QED) is 0.717. The Hall–Kier alpha value is -2.01. The molecular weight excluding hydrogens is 206 g/mol. The van der Waals surface area contributed by atoms with E-state index in [1.54, 1.807) is 18.3 Å². The zero-order valence-corrected chi connectivity index (χ0v) is 8.69. The smallest absolute Gasteiger partial charge is 0.287 e. The summed E-state index contributed by atoms with van der Waals surface area (Å²) in [4.78, 5) is 14.5. The molecule has 2 aromatic heterocycles. The van der Waals surface area contributed by atoms with Gasteiger partial charge in [0.1, 0.15) is 5.76 Å². The van der Waals surface area contributed by atoms with E-state index < -0.39 is 0 Å². The number of nitrogens with two attached hydrogens (primary N) is 1. The Labute approximate surface area is 92.6 Å². The molecule has 4 N–H and O–H groups in total. The van der Waals surface area contributed by atoms with Crippen LogP contribution in [0.5, 0.6) is 0 Å². The van der Waals surface area contributed by atoms with Crippen molar-refractivity contribution in [2.75, 3.05) is 0 Å². The molecular formula is C11H13N3O2. The van der Waals surface area contributed by atoms with Crippen LogP contribution in [0.25, 0.3) is 0 Å². The lowest BCUT2D eigenvalue weighted by Crippen LogP contribution is -2.21. The summed E-state index contributed by atoms with van der Waals surface area (Å²) < 4.78 is 5.22. The van der Waals surface area contributed by atoms with Crippen LogP contribution < -0.4 is 11.1 Å². The maximum absolute atomic E-state index is 11.6. The van der Waals surface area contributed by atoms with Crippen LogP contribution in [0.15, 0.2) is 35.0 Å². The van der Waals surface area contributed by atoms with E-state index in [-0.39, 0.29) is 11.7 Å². The normalized spacial score (nSPS) is 10.3. The summed E-state index contributed by atoms with van der Waals surface area (Å²) in [6.07, 6.45) is 3.63. The van der Waals surface area contributed by atoms with Gasteiger partial charge in [0.25, 0.3) is 5.91 Å². The van der Waals surface area contributed by atoms with Gasteiger partial charge in [0.05, 0.1) is 6.54 Å². The zero-order chi connectivity index (χ0) is 11.4. The Morgan fingerprint density at radius 2 is 2.31 bits per heavy atom. The number of carbonyl (C=O) groups is 1. The Balaban J connectivity index is 1.93. The Morgan fingerprint density at radius 1 is 1.44 bits per heavy atom. The summed E-state index contributed by atoms with van der Waals surface area (Å²) in [5.74, 6) is 0.656. The molecule has 0 radical (unpaired) electrons. The molecule has 0 spiro atoms. The average Bonchev–Trinajstić information content (AvgIpc) is 2.96. The fourth-order valence-corrected chi connectivity index (χ4v) is 1.35. The molecule has 0 bridgehead atoms. The van der Waals surface area contributed by atoms with Crippen LogP contribution in [0.2, 0.25) is 0 Å². The molecule has 0 saturated heterocycles. The van der Waals surface area contributed by atoms with E-state index in [1.807, 2.05) is 12.3 Å². The summed E-state index contributed by atoms with van der Waals surface area (Å²) >= 11 is 0. The van der Waals surface area contributed by atoms with Crippen LogP contribution in [0.3, 0.4) is 0 Å². The number of aromatic amines is 1. The molecule has 0 saturated carbocycles. The SMILES string of the molecule is NCc1ccc(C(=O)NCc2cc[nH]c2)o1. The molecule has 5 nitrogen and oxygen atoms in total. The van der Waals surface area contributed by atoms with Crippen molar-refractivity contribution in [2.45, 2.75) is 13.1 Å². The lowest BCUT2D eigenvalue weighted by atomic mass is 10.3. The largest absolute Gasteiger partial charge is 0.455 e. The predicted octanol–water partition coefficient (Wildman–Crippen LogP) is 0.996. The molecule has 5 heteroatoms. The molecule has 0 unspecified atom stereocenters. The minimum absolute atomic E-state index is 0.235. The highest BCUT2D eigenvalue weighted by Gasteiger charge is 2.09. The molecule has 0 fully saturated rings. The number of carbonyl (C=O) groups excluding carboxylic acids is 1. The first-order chi connectivity index (χ1) is 7.79. The van der Waals surface area contributed by atoms with Crippen molar-refractivity contribution < 1.29 is 9.21 Å². The Morgan fingerprint density at radius 3 is 2.94 bits per heavy atom. The van der Waals surface area contributed by atoms with Crippen molar-refractivity contribution in [2.24, 2.45) is 5.73 Å². The third kappa shape index (κ3) is 2.32. The standard InChI is InChI=1S/C11H13N3O2/c12-5-9-1-2-10(16-9)11(15)14-7-8-3-4-13-6-8/h1-4,6,13H,5,7,12H2,(H,14,15). The first-order valence-electron chi connectivity index (χ1n) is 4.98. The monoisotopic (exact) mass is 219 g/mol. The Kier molecular flexibility index (Phi) is 3.07. The van der Waals surface area contributed by atoms with E-state index in [1.165, 1.54) is 0 Å². The molecule has 2 rings (SSSR count). The fourth-order valence-electron chi connectivity index (χ4n) is 1.35. The molecule has 0 atom stereocenters. The third-order valence-electron chi connectivity index (χ3n) is 2.20. The molecule has 1 amide bonds. The lowest BCUT2D eigenvalue weighted by molar-refractivity contribution is 0.0921. The van der Waals surface area contributed by atoms with Gasteiger partial charge in [-0.05, 0) is 23.8 Å². The van der Waals surface area contributed by atoms with Crippen LogP contribution in [0, 0.1) is 0 Å². The summed E-state index contributed by atoms with van der Waals surface area (Å²) in [5.41, 5.74) is 6.40. The number of amides is 1. The van der Waals surface area contributed by atoms with Gasteiger partial charge in [-0.3, -0.25) is 4.79 Å². The minimum Gasteiger partial charge on any atom is -0.455 e. The predicted molar refractivity (Wildman–Crippen MR) is 58.6 cm³/mol. The van der Waals surface area contributed by atoms with Gasteiger partial charge < -0.3 is 20.5 Å². The maximum Gasteiger partial charge on any atom is 0.287 e. The second-order valence-electron chi connectivity index (χ2n) is 3.37. The molecule has 0 aliphatic carbocycles. The van der Waals surface area contributed by atoms with Crippen LogP contribution in [0.4, 0.5) is 0 Å². The van der Waals surface area contributed by atoms with E-state index >= 15 is 0 Å². The first kappa shape index (κ1) is 10.5. The fraction of sp³-hybridized carbons (Fsp3) is 0.182. The molecule has 2 heterocycles. The van der Waals surface area contributed by atoms with Gasteiger partial charge in [-0.1, -0.05) is 0 Å². The maximum atomic E-state index is 11.6. The van der Waals surface area contributed by atoms with E-state index in [4.69, 9.17) is 10.2 Å². The number of hydrogen-bond acceptors (Lipinski definition) is 3. The molecule has 16 heavy (non-hydrogen) atoms. The second-order valence-corrected chi connectivity index (χ2v) is 3.37. The van der Waals surface area contributed by atoms with Gasteiger partial charge in [-0.25, -0.2) is 0 Å². The highest BCUT2D eigenvalue weighted by Crippen LogP contribution is 2.07. The van der Waals surface area contributed by atoms with Crippen molar-refractivity contribution >= 4 is 5.91 Å². The average molecular weight is 219 g/mol. The van der Waals surface area contributed by atoms with Crippen molar-refractivity contribution in [3.05, 3.63) is 47.7 Å². The molecule has 0 aliphatic rings. The molecule has 84 valence electrons. The second kappa shape index (κ2) is 4.67. The van der Waals surface area contributed by atoms with Gasteiger partial charge in [0.2, 0.25) is 0 Å². The first-order valence-corrected chi connectivity index (χ1v) is 4.98. The van der Waals surface area contributed by atoms with Crippen LogP contribution in [-0.4, -0.2) is 10.9 Å². The summed E-state index contributed by atoms with van der Waals surface area (Å²) in [6.45, 7) is 0.770. The number of furan rings is 1. The van der Waals surface area contributed by atoms with Gasteiger partial charge >= 0.3 is 0 Å². The highest BCUT2D eigenvalue weighted by atomic mass is 16.4. The number of hydrogen-bond donors (Lipinski definition) is 3. The molecule has 2 aromatic rings. The minimum atomic E-state index is -0.235. The van der Waals surface area contributed by atoms with Gasteiger partial charge in [-0.2, -0.15) is 0 Å². The molecule has 0 aliphatic heterocycles. The molecule has 0 aromatic carbocycles. The topological polar surface area (TPSA) is 84.0 Å². The van der Waals surface area contributed by atoms with Crippen molar-refractivity contribution in [1.82, 2.24) is 10.3 Å². The van der Waals surface area contributed by atoms with E-state index in [0.29, 0.717) is 18.8 Å². The number of nitrogens with one attached hydrogen (secondary N) is 2. The Bertz CT molecular complexity index is 459. The number of rotatable bonds is 4. The van der Waals surface area contributed by atoms with E-state index in [9.17, 15) is 4.79 Å². The number of aromatic nitrogens is 1. The van der Waals surface area contributed by atoms with Crippen LogP contribution in [0.1, 0.15) is 21.9 Å². The summed E-state index contributed by atoms with van der Waals surface area (Å²) in [5, 5.41) is 2.75. The van der Waals surface area contributed by atoms with E-state index in [0.717, 1.165) is 5.56 Å². The summed E-state index contributed by atoms with van der Waals surface area (Å²) in [7, 11) is 0. The van der Waals surface area contributed by atoms with Crippen molar-refractivity contribution in [1.29, 1.82) is 0 Å². The van der Waals surface area contributed by atoms with Gasteiger partial charge in [0.15, 0.2) is 5.76 Å². The van der Waals surface area contributed by atoms with Crippen molar-refractivity contribution in [3.8, 4) is 0 Å². The van der Waals surface area contributed by atoms with Crippen LogP contribution in [-0.2, 0) is 13.1 Å². The third-order valence-corrected chi connectivity index (χ3v) is 2.20. The van der Waals surface area contributed by atoms with Crippen molar-refractivity contribution in [3.63, 3.8) is 0 Å². The summed E-state index contributed by atoms with van der Waals surface area (Å²) in [6, 6.07) is 5.22. The lowest BCUT2D eigenvalue weighted by Gasteiger charge is -2.00. The van der Waals surface area contributed by atoms with E-state index in [2.05, 4.69) is 10.3 Å². The highest BCUT2D eigenvalue weighted by molar-refractivity contribution is 5.91. The van der Waals surface area contributed by atoms with Crippen LogP contribution >= 0.6 is 0 Å². The number of H-pyrrole nitrogens is 1.